The Morgan fingerprint density at radius 2 is 1.72 bits per heavy atom. The summed E-state index contributed by atoms with van der Waals surface area (Å²) in [5.74, 6) is 0.381. The highest BCUT2D eigenvalue weighted by Crippen LogP contribution is 2.63. The van der Waals surface area contributed by atoms with Gasteiger partial charge in [-0.15, -0.1) is 0 Å². The standard InChI is InChI=1S/C14H24N2O2/c1-6-15-9(8(2)3)7-16-12(17)10-11(13(16)18)14(10,4)5/h8-11,15H,6-7H2,1-5H3. The van der Waals surface area contributed by atoms with Crippen molar-refractivity contribution in [3.63, 3.8) is 0 Å². The van der Waals surface area contributed by atoms with Crippen LogP contribution in [-0.2, 0) is 9.59 Å². The summed E-state index contributed by atoms with van der Waals surface area (Å²) in [7, 11) is 0. The van der Waals surface area contributed by atoms with E-state index in [-0.39, 0.29) is 35.1 Å². The molecule has 2 rings (SSSR count). The first kappa shape index (κ1) is 13.5. The normalized spacial score (nSPS) is 30.9. The minimum Gasteiger partial charge on any atom is -0.312 e. The predicted octanol–water partition coefficient (Wildman–Crippen LogP) is 1.26. The number of nitrogens with one attached hydrogen (secondary N) is 1. The lowest BCUT2D eigenvalue weighted by molar-refractivity contribution is -0.143. The van der Waals surface area contributed by atoms with Gasteiger partial charge in [0.05, 0.1) is 11.8 Å². The molecule has 102 valence electrons. The minimum atomic E-state index is -0.101. The fourth-order valence-electron chi connectivity index (χ4n) is 3.15. The van der Waals surface area contributed by atoms with E-state index in [4.69, 9.17) is 0 Å². The maximum absolute atomic E-state index is 12.2. The molecule has 1 aliphatic carbocycles. The second kappa shape index (κ2) is 4.34. The average Bonchev–Trinajstić information content (AvgIpc) is 2.74. The van der Waals surface area contributed by atoms with Crippen molar-refractivity contribution in [2.75, 3.05) is 13.1 Å². The first-order chi connectivity index (χ1) is 8.32. The fourth-order valence-corrected chi connectivity index (χ4v) is 3.15. The lowest BCUT2D eigenvalue weighted by atomic mass is 10.0. The second-order valence-corrected chi connectivity index (χ2v) is 6.47. The van der Waals surface area contributed by atoms with Crippen molar-refractivity contribution in [1.29, 1.82) is 0 Å². The van der Waals surface area contributed by atoms with Crippen molar-refractivity contribution in [3.8, 4) is 0 Å². The molecule has 2 amide bonds. The highest BCUT2D eigenvalue weighted by Gasteiger charge is 2.72. The Balaban J connectivity index is 2.04. The summed E-state index contributed by atoms with van der Waals surface area (Å²) in [6, 6.07) is 0.198. The number of piperidine rings is 1. The highest BCUT2D eigenvalue weighted by molar-refractivity contribution is 6.10. The molecule has 1 saturated heterocycles. The van der Waals surface area contributed by atoms with Gasteiger partial charge in [-0.25, -0.2) is 0 Å². The van der Waals surface area contributed by atoms with E-state index in [1.165, 1.54) is 4.90 Å². The van der Waals surface area contributed by atoms with Crippen molar-refractivity contribution >= 4 is 11.8 Å². The van der Waals surface area contributed by atoms with Gasteiger partial charge in [-0.05, 0) is 17.9 Å². The van der Waals surface area contributed by atoms with E-state index in [0.29, 0.717) is 12.5 Å². The van der Waals surface area contributed by atoms with Gasteiger partial charge in [0, 0.05) is 12.6 Å². The number of likely N-dealkylation sites (N-methyl/N-ethyl adjacent to an activating group) is 1. The van der Waals surface area contributed by atoms with Gasteiger partial charge in [-0.2, -0.15) is 0 Å². The lowest BCUT2D eigenvalue weighted by Crippen LogP contribution is -2.48. The van der Waals surface area contributed by atoms with E-state index < -0.39 is 0 Å². The first-order valence-corrected chi connectivity index (χ1v) is 6.91. The minimum absolute atomic E-state index is 0.0403. The number of amides is 2. The maximum atomic E-state index is 12.2. The molecule has 4 nitrogen and oxygen atoms in total. The number of carbonyl (C=O) groups excluding carboxylic acids is 2. The van der Waals surface area contributed by atoms with Gasteiger partial charge in [0.15, 0.2) is 0 Å². The van der Waals surface area contributed by atoms with Gasteiger partial charge in [0.25, 0.3) is 0 Å². The summed E-state index contributed by atoms with van der Waals surface area (Å²) in [5, 5.41) is 3.35. The summed E-state index contributed by atoms with van der Waals surface area (Å²) in [5.41, 5.74) is -0.101. The van der Waals surface area contributed by atoms with Crippen molar-refractivity contribution in [2.45, 2.75) is 40.7 Å². The van der Waals surface area contributed by atoms with Crippen LogP contribution < -0.4 is 5.32 Å². The highest BCUT2D eigenvalue weighted by atomic mass is 16.2. The van der Waals surface area contributed by atoms with Crippen LogP contribution in [-0.4, -0.2) is 35.8 Å². The Morgan fingerprint density at radius 1 is 1.22 bits per heavy atom. The number of carbonyl (C=O) groups is 2. The third-order valence-electron chi connectivity index (χ3n) is 4.54. The number of fused-ring (bicyclic) bond motifs is 1. The molecular formula is C14H24N2O2. The van der Waals surface area contributed by atoms with Crippen molar-refractivity contribution in [2.24, 2.45) is 23.2 Å². The summed E-state index contributed by atoms with van der Waals surface area (Å²) < 4.78 is 0. The number of hydrogen-bond acceptors (Lipinski definition) is 3. The van der Waals surface area contributed by atoms with E-state index in [9.17, 15) is 9.59 Å². The van der Waals surface area contributed by atoms with Crippen molar-refractivity contribution in [3.05, 3.63) is 0 Å². The van der Waals surface area contributed by atoms with Crippen LogP contribution in [0.1, 0.15) is 34.6 Å². The monoisotopic (exact) mass is 252 g/mol. The number of nitrogens with zero attached hydrogens (tertiary/aromatic N) is 1. The molecule has 1 N–H and O–H groups in total. The molecule has 0 aromatic rings. The fraction of sp³-hybridized carbons (Fsp3) is 0.857. The Labute approximate surface area is 109 Å². The Hall–Kier alpha value is -0.900. The molecule has 0 aromatic heterocycles. The molecule has 1 saturated carbocycles. The number of imide groups is 1. The second-order valence-electron chi connectivity index (χ2n) is 6.47. The maximum Gasteiger partial charge on any atom is 0.233 e. The Kier molecular flexibility index (Phi) is 3.26. The molecule has 1 aliphatic heterocycles. The molecule has 0 spiro atoms. The van der Waals surface area contributed by atoms with Crippen molar-refractivity contribution in [1.82, 2.24) is 10.2 Å². The van der Waals surface area contributed by atoms with Crippen LogP contribution in [0.5, 0.6) is 0 Å². The zero-order valence-electron chi connectivity index (χ0n) is 12.0. The van der Waals surface area contributed by atoms with Crippen molar-refractivity contribution < 1.29 is 9.59 Å². The molecule has 0 bridgehead atoms. The molecular weight excluding hydrogens is 228 g/mol. The van der Waals surface area contributed by atoms with Crippen LogP contribution in [0.25, 0.3) is 0 Å². The zero-order valence-corrected chi connectivity index (χ0v) is 12.0. The third-order valence-corrected chi connectivity index (χ3v) is 4.54. The van der Waals surface area contributed by atoms with Crippen LogP contribution in [0.2, 0.25) is 0 Å². The average molecular weight is 252 g/mol. The van der Waals surface area contributed by atoms with Gasteiger partial charge >= 0.3 is 0 Å². The molecule has 0 radical (unpaired) electrons. The van der Waals surface area contributed by atoms with Gasteiger partial charge < -0.3 is 5.32 Å². The first-order valence-electron chi connectivity index (χ1n) is 6.91. The lowest BCUT2D eigenvalue weighted by Gasteiger charge is -2.28. The van der Waals surface area contributed by atoms with Crippen LogP contribution in [0.4, 0.5) is 0 Å². The Bertz CT molecular complexity index is 352. The number of hydrogen-bond donors (Lipinski definition) is 1. The largest absolute Gasteiger partial charge is 0.312 e. The van der Waals surface area contributed by atoms with E-state index in [2.05, 4.69) is 19.2 Å². The molecule has 3 atom stereocenters. The smallest absolute Gasteiger partial charge is 0.233 e. The molecule has 2 aliphatic rings. The van der Waals surface area contributed by atoms with Gasteiger partial charge in [-0.1, -0.05) is 34.6 Å². The van der Waals surface area contributed by atoms with E-state index in [1.807, 2.05) is 20.8 Å². The van der Waals surface area contributed by atoms with Crippen LogP contribution in [0.3, 0.4) is 0 Å². The summed E-state index contributed by atoms with van der Waals surface area (Å²) >= 11 is 0. The van der Waals surface area contributed by atoms with Gasteiger partial charge in [0.2, 0.25) is 11.8 Å². The van der Waals surface area contributed by atoms with Crippen LogP contribution in [0.15, 0.2) is 0 Å². The van der Waals surface area contributed by atoms with E-state index in [0.717, 1.165) is 6.54 Å². The molecule has 4 heteroatoms. The number of likely N-dealkylation sites (tertiary alicyclic amines) is 1. The van der Waals surface area contributed by atoms with Gasteiger partial charge in [-0.3, -0.25) is 14.5 Å². The molecule has 0 aromatic carbocycles. The third kappa shape index (κ3) is 1.87. The SMILES string of the molecule is CCNC(CN1C(=O)C2C(C1=O)C2(C)C)C(C)C. The topological polar surface area (TPSA) is 49.4 Å². The molecule has 2 fully saturated rings. The number of rotatable bonds is 5. The summed E-state index contributed by atoms with van der Waals surface area (Å²) in [6.07, 6.45) is 0. The Morgan fingerprint density at radius 3 is 2.11 bits per heavy atom. The van der Waals surface area contributed by atoms with E-state index in [1.54, 1.807) is 0 Å². The van der Waals surface area contributed by atoms with E-state index >= 15 is 0 Å². The molecule has 1 heterocycles. The van der Waals surface area contributed by atoms with Crippen LogP contribution in [0, 0.1) is 23.2 Å². The van der Waals surface area contributed by atoms with Gasteiger partial charge in [0.1, 0.15) is 0 Å². The quantitative estimate of drug-likeness (QED) is 0.749. The van der Waals surface area contributed by atoms with Crippen LogP contribution >= 0.6 is 0 Å². The summed E-state index contributed by atoms with van der Waals surface area (Å²) in [6.45, 7) is 11.7. The predicted molar refractivity (Wildman–Crippen MR) is 69.8 cm³/mol. The summed E-state index contributed by atoms with van der Waals surface area (Å²) in [4.78, 5) is 25.9. The zero-order chi connectivity index (χ0) is 13.7. The molecule has 18 heavy (non-hydrogen) atoms. The molecule has 3 unspecified atom stereocenters.